The highest BCUT2D eigenvalue weighted by Crippen LogP contribution is 2.41. The predicted molar refractivity (Wildman–Crippen MR) is 127 cm³/mol. The zero-order valence-electron chi connectivity index (χ0n) is 19.7. The predicted octanol–water partition coefficient (Wildman–Crippen LogP) is 4.70. The number of fused-ring (bicyclic) bond motifs is 3. The van der Waals surface area contributed by atoms with Crippen molar-refractivity contribution in [1.82, 2.24) is 25.0 Å². The van der Waals surface area contributed by atoms with E-state index in [-0.39, 0.29) is 18.8 Å². The summed E-state index contributed by atoms with van der Waals surface area (Å²) < 4.78 is 53.2. The monoisotopic (exact) mass is 490 g/mol. The Morgan fingerprint density at radius 3 is 2.77 bits per heavy atom. The highest BCUT2D eigenvalue weighted by molar-refractivity contribution is 5.83. The molecule has 2 N–H and O–H groups in total. The van der Waals surface area contributed by atoms with Crippen LogP contribution in [0.1, 0.15) is 42.6 Å². The molecule has 2 aromatic heterocycles. The van der Waals surface area contributed by atoms with Gasteiger partial charge in [-0.15, -0.1) is 0 Å². The van der Waals surface area contributed by atoms with Crippen molar-refractivity contribution in [2.75, 3.05) is 38.2 Å². The summed E-state index contributed by atoms with van der Waals surface area (Å²) in [5.41, 5.74) is 4.17. The summed E-state index contributed by atoms with van der Waals surface area (Å²) in [6.45, 7) is 3.06. The van der Waals surface area contributed by atoms with E-state index < -0.39 is 18.8 Å². The molecule has 188 valence electrons. The van der Waals surface area contributed by atoms with Gasteiger partial charge in [-0.05, 0) is 55.5 Å². The lowest BCUT2D eigenvalue weighted by Gasteiger charge is -2.42. The molecular weight excluding hydrogens is 460 g/mol. The van der Waals surface area contributed by atoms with E-state index in [2.05, 4.69) is 25.4 Å². The number of nitrogens with one attached hydrogen (secondary N) is 2. The quantitative estimate of drug-likeness (QED) is 0.470. The Bertz CT molecular complexity index is 1150. The molecule has 0 spiro atoms. The highest BCUT2D eigenvalue weighted by atomic mass is 19.4. The Balaban J connectivity index is 1.41. The van der Waals surface area contributed by atoms with Crippen LogP contribution >= 0.6 is 0 Å². The molecular formula is C25H30F4N6. The van der Waals surface area contributed by atoms with Crippen LogP contribution in [-0.4, -0.2) is 76.1 Å². The van der Waals surface area contributed by atoms with Gasteiger partial charge in [0.2, 0.25) is 0 Å². The topological polar surface area (TPSA) is 60.1 Å². The van der Waals surface area contributed by atoms with E-state index in [4.69, 9.17) is 0 Å². The van der Waals surface area contributed by atoms with Crippen molar-refractivity contribution >= 4 is 16.6 Å². The molecule has 0 aliphatic carbocycles. The highest BCUT2D eigenvalue weighted by Gasteiger charge is 2.41. The number of hydrogen-bond donors (Lipinski definition) is 2. The van der Waals surface area contributed by atoms with Crippen molar-refractivity contribution < 1.29 is 17.6 Å². The van der Waals surface area contributed by atoms with E-state index in [0.29, 0.717) is 18.5 Å². The molecule has 0 saturated carbocycles. The third-order valence-electron chi connectivity index (χ3n) is 7.14. The van der Waals surface area contributed by atoms with Gasteiger partial charge in [0.25, 0.3) is 0 Å². The molecule has 5 rings (SSSR count). The van der Waals surface area contributed by atoms with E-state index in [1.165, 1.54) is 4.90 Å². The molecule has 3 aromatic rings. The van der Waals surface area contributed by atoms with E-state index in [1.54, 1.807) is 12.4 Å². The molecule has 2 aliphatic heterocycles. The Labute approximate surface area is 201 Å². The maximum atomic E-state index is 13.6. The summed E-state index contributed by atoms with van der Waals surface area (Å²) in [6.07, 6.45) is 1.16. The van der Waals surface area contributed by atoms with E-state index in [9.17, 15) is 17.6 Å². The maximum Gasteiger partial charge on any atom is 0.401 e. The largest absolute Gasteiger partial charge is 0.401 e. The van der Waals surface area contributed by atoms with Crippen molar-refractivity contribution in [3.05, 3.63) is 53.5 Å². The number of halogens is 4. The Morgan fingerprint density at radius 2 is 2.03 bits per heavy atom. The minimum Gasteiger partial charge on any atom is -0.380 e. The zero-order chi connectivity index (χ0) is 24.6. The molecule has 2 aliphatic rings. The minimum atomic E-state index is -4.32. The second-order valence-electron chi connectivity index (χ2n) is 9.65. The number of likely N-dealkylation sites (tertiary alicyclic amines) is 1. The van der Waals surface area contributed by atoms with Gasteiger partial charge in [-0.25, -0.2) is 0 Å². The molecule has 0 unspecified atom stereocenters. The van der Waals surface area contributed by atoms with Crippen LogP contribution in [0.2, 0.25) is 0 Å². The SMILES string of the molecule is C[C@@H]1Cc2c(ccc3[nH]ncc23)[C@@H](c2ccc(N[C@H]3CCN(CCCF)C3)cn2)N1CC(F)(F)F. The minimum absolute atomic E-state index is 0.244. The molecule has 1 aromatic carbocycles. The third-order valence-corrected chi connectivity index (χ3v) is 7.14. The van der Waals surface area contributed by atoms with Crippen molar-refractivity contribution in [1.29, 1.82) is 0 Å². The van der Waals surface area contributed by atoms with Gasteiger partial charge in [0, 0.05) is 37.1 Å². The van der Waals surface area contributed by atoms with Gasteiger partial charge in [-0.1, -0.05) is 6.07 Å². The number of anilines is 1. The first-order valence-corrected chi connectivity index (χ1v) is 12.1. The van der Waals surface area contributed by atoms with Crippen LogP contribution in [0.25, 0.3) is 10.9 Å². The van der Waals surface area contributed by atoms with Crippen molar-refractivity contribution in [3.8, 4) is 0 Å². The van der Waals surface area contributed by atoms with Crippen LogP contribution in [0.3, 0.4) is 0 Å². The fraction of sp³-hybridized carbons (Fsp3) is 0.520. The van der Waals surface area contributed by atoms with Crippen LogP contribution in [0.15, 0.2) is 36.7 Å². The third kappa shape index (κ3) is 5.13. The van der Waals surface area contributed by atoms with E-state index in [1.807, 2.05) is 31.2 Å². The van der Waals surface area contributed by atoms with Gasteiger partial charge in [0.15, 0.2) is 0 Å². The summed E-state index contributed by atoms with van der Waals surface area (Å²) in [4.78, 5) is 8.38. The average molecular weight is 491 g/mol. The number of nitrogens with zero attached hydrogens (tertiary/aromatic N) is 4. The number of pyridine rings is 1. The normalized spacial score (nSPS) is 23.6. The summed E-state index contributed by atoms with van der Waals surface area (Å²) in [7, 11) is 0. The molecule has 4 heterocycles. The Morgan fingerprint density at radius 1 is 1.17 bits per heavy atom. The number of benzene rings is 1. The molecule has 1 saturated heterocycles. The standard InChI is InChI=1S/C25H30F4N6/c1-16-11-20-19(4-6-22-21(20)13-31-33-22)24(35(16)15-25(27,28)29)23-5-3-17(12-30-23)32-18-7-10-34(14-18)9-2-8-26/h3-6,12-13,16,18,24,32H,2,7-11,14-15H2,1H3,(H,31,33)/t16-,18+,24+/m1/s1. The molecule has 10 heteroatoms. The average Bonchev–Trinajstić information content (AvgIpc) is 3.48. The van der Waals surface area contributed by atoms with Gasteiger partial charge in [0.1, 0.15) is 0 Å². The van der Waals surface area contributed by atoms with Crippen molar-refractivity contribution in [3.63, 3.8) is 0 Å². The molecule has 0 radical (unpaired) electrons. The Kier molecular flexibility index (Phi) is 6.67. The second kappa shape index (κ2) is 9.73. The molecule has 1 fully saturated rings. The van der Waals surface area contributed by atoms with Crippen LogP contribution in [0.5, 0.6) is 0 Å². The van der Waals surface area contributed by atoms with Crippen molar-refractivity contribution in [2.24, 2.45) is 0 Å². The van der Waals surface area contributed by atoms with Gasteiger partial charge in [-0.3, -0.25) is 19.4 Å². The summed E-state index contributed by atoms with van der Waals surface area (Å²) in [6, 6.07) is 6.82. The van der Waals surface area contributed by atoms with Crippen LogP contribution in [0.4, 0.5) is 23.2 Å². The van der Waals surface area contributed by atoms with Gasteiger partial charge >= 0.3 is 6.18 Å². The Hall–Kier alpha value is -2.72. The molecule has 0 bridgehead atoms. The first-order valence-electron chi connectivity index (χ1n) is 12.1. The lowest BCUT2D eigenvalue weighted by Crippen LogP contribution is -2.47. The van der Waals surface area contributed by atoms with Crippen molar-refractivity contribution in [2.45, 2.75) is 50.5 Å². The number of aromatic amines is 1. The number of aromatic nitrogens is 3. The summed E-state index contributed by atoms with van der Waals surface area (Å²) >= 11 is 0. The fourth-order valence-electron chi connectivity index (χ4n) is 5.53. The number of H-pyrrole nitrogens is 1. The van der Waals surface area contributed by atoms with Gasteiger partial charge in [-0.2, -0.15) is 18.3 Å². The molecule has 6 nitrogen and oxygen atoms in total. The first-order chi connectivity index (χ1) is 16.8. The number of rotatable bonds is 7. The first kappa shape index (κ1) is 24.0. The molecule has 3 atom stereocenters. The van der Waals surface area contributed by atoms with Crippen LogP contribution in [-0.2, 0) is 6.42 Å². The van der Waals surface area contributed by atoms with Gasteiger partial charge < -0.3 is 10.2 Å². The summed E-state index contributed by atoms with van der Waals surface area (Å²) in [5.74, 6) is 0. The smallest absolute Gasteiger partial charge is 0.380 e. The van der Waals surface area contributed by atoms with E-state index in [0.717, 1.165) is 53.8 Å². The number of hydrogen-bond acceptors (Lipinski definition) is 5. The van der Waals surface area contributed by atoms with E-state index >= 15 is 0 Å². The van der Waals surface area contributed by atoms with Crippen LogP contribution in [0, 0.1) is 0 Å². The second-order valence-corrected chi connectivity index (χ2v) is 9.65. The van der Waals surface area contributed by atoms with Crippen LogP contribution < -0.4 is 5.32 Å². The lowest BCUT2D eigenvalue weighted by molar-refractivity contribution is -0.155. The fourth-order valence-corrected chi connectivity index (χ4v) is 5.53. The zero-order valence-corrected chi connectivity index (χ0v) is 19.7. The lowest BCUT2D eigenvalue weighted by atomic mass is 9.85. The van der Waals surface area contributed by atoms with Gasteiger partial charge in [0.05, 0.1) is 48.6 Å². The molecule has 0 amide bonds. The maximum absolute atomic E-state index is 13.6. The molecule has 35 heavy (non-hydrogen) atoms. The summed E-state index contributed by atoms with van der Waals surface area (Å²) in [5, 5.41) is 11.5. The number of alkyl halides is 4.